The topological polar surface area (TPSA) is 40.6 Å². The molecule has 0 aliphatic carbocycles. The zero-order valence-corrected chi connectivity index (χ0v) is 15.2. The van der Waals surface area contributed by atoms with Gasteiger partial charge in [0.15, 0.2) is 0 Å². The van der Waals surface area contributed by atoms with Gasteiger partial charge in [0.05, 0.1) is 18.0 Å². The van der Waals surface area contributed by atoms with Gasteiger partial charge in [0, 0.05) is 58.1 Å². The third-order valence-electron chi connectivity index (χ3n) is 4.72. The molecule has 1 aliphatic heterocycles. The molecule has 5 heteroatoms. The van der Waals surface area contributed by atoms with Gasteiger partial charge in [-0.2, -0.15) is 0 Å². The maximum Gasteiger partial charge on any atom is 0.0935 e. The molecule has 0 saturated carbocycles. The average Bonchev–Trinajstić information content (AvgIpc) is 2.68. The summed E-state index contributed by atoms with van der Waals surface area (Å²) >= 11 is 0. The van der Waals surface area contributed by atoms with Gasteiger partial charge in [-0.25, -0.2) is 0 Å². The van der Waals surface area contributed by atoms with E-state index in [0.29, 0.717) is 6.61 Å². The van der Waals surface area contributed by atoms with E-state index in [1.807, 2.05) is 19.3 Å². The van der Waals surface area contributed by atoms with Crippen molar-refractivity contribution in [2.45, 2.75) is 6.61 Å². The first-order valence-electron chi connectivity index (χ1n) is 8.97. The Hall–Kier alpha value is -1.95. The first kappa shape index (κ1) is 17.9. The SMILES string of the molecule is CNCCN1CCN(c2cccnc2-c2ccc(COC)cc2)CC1. The van der Waals surface area contributed by atoms with Gasteiger partial charge in [0.1, 0.15) is 0 Å². The van der Waals surface area contributed by atoms with Gasteiger partial charge in [-0.15, -0.1) is 0 Å². The van der Waals surface area contributed by atoms with Gasteiger partial charge in [0.2, 0.25) is 0 Å². The van der Waals surface area contributed by atoms with Crippen LogP contribution in [-0.4, -0.2) is 63.3 Å². The Kier molecular flexibility index (Phi) is 6.39. The second kappa shape index (κ2) is 8.94. The van der Waals surface area contributed by atoms with Crippen molar-refractivity contribution in [2.24, 2.45) is 0 Å². The lowest BCUT2D eigenvalue weighted by Crippen LogP contribution is -2.48. The molecule has 1 aromatic carbocycles. The number of hydrogen-bond acceptors (Lipinski definition) is 5. The molecule has 5 nitrogen and oxygen atoms in total. The highest BCUT2D eigenvalue weighted by Gasteiger charge is 2.19. The lowest BCUT2D eigenvalue weighted by atomic mass is 10.1. The van der Waals surface area contributed by atoms with Crippen molar-refractivity contribution in [3.63, 3.8) is 0 Å². The van der Waals surface area contributed by atoms with E-state index in [1.54, 1.807) is 7.11 Å². The molecular formula is C20H28N4O. The first-order chi connectivity index (χ1) is 12.3. The summed E-state index contributed by atoms with van der Waals surface area (Å²) in [6.07, 6.45) is 1.88. The lowest BCUT2D eigenvalue weighted by Gasteiger charge is -2.36. The molecule has 1 aliphatic rings. The highest BCUT2D eigenvalue weighted by molar-refractivity contribution is 5.75. The van der Waals surface area contributed by atoms with Crippen LogP contribution >= 0.6 is 0 Å². The molecule has 0 spiro atoms. The second-order valence-corrected chi connectivity index (χ2v) is 6.43. The molecule has 0 unspecified atom stereocenters. The lowest BCUT2D eigenvalue weighted by molar-refractivity contribution is 0.185. The van der Waals surface area contributed by atoms with Gasteiger partial charge >= 0.3 is 0 Å². The average molecular weight is 340 g/mol. The summed E-state index contributed by atoms with van der Waals surface area (Å²) in [7, 11) is 3.73. The summed E-state index contributed by atoms with van der Waals surface area (Å²) in [6.45, 7) is 7.10. The quantitative estimate of drug-likeness (QED) is 0.837. The molecule has 25 heavy (non-hydrogen) atoms. The van der Waals surface area contributed by atoms with E-state index in [2.05, 4.69) is 50.4 Å². The fourth-order valence-electron chi connectivity index (χ4n) is 3.28. The Morgan fingerprint density at radius 2 is 1.84 bits per heavy atom. The number of ether oxygens (including phenoxy) is 1. The van der Waals surface area contributed by atoms with Crippen molar-refractivity contribution in [3.8, 4) is 11.3 Å². The van der Waals surface area contributed by atoms with Gasteiger partial charge in [-0.3, -0.25) is 9.88 Å². The molecule has 1 fully saturated rings. The summed E-state index contributed by atoms with van der Waals surface area (Å²) in [5.41, 5.74) is 4.64. The summed E-state index contributed by atoms with van der Waals surface area (Å²) in [5, 5.41) is 3.23. The molecule has 2 aromatic rings. The summed E-state index contributed by atoms with van der Waals surface area (Å²) in [4.78, 5) is 9.65. The molecule has 0 bridgehead atoms. The molecule has 2 heterocycles. The highest BCUT2D eigenvalue weighted by atomic mass is 16.5. The summed E-state index contributed by atoms with van der Waals surface area (Å²) < 4.78 is 5.20. The summed E-state index contributed by atoms with van der Waals surface area (Å²) in [5.74, 6) is 0. The number of nitrogens with zero attached hydrogens (tertiary/aromatic N) is 3. The third kappa shape index (κ3) is 4.57. The fraction of sp³-hybridized carbons (Fsp3) is 0.450. The van der Waals surface area contributed by atoms with Crippen LogP contribution < -0.4 is 10.2 Å². The third-order valence-corrected chi connectivity index (χ3v) is 4.72. The number of benzene rings is 1. The maximum atomic E-state index is 5.20. The summed E-state index contributed by atoms with van der Waals surface area (Å²) in [6, 6.07) is 12.7. The van der Waals surface area contributed by atoms with Crippen molar-refractivity contribution in [3.05, 3.63) is 48.2 Å². The molecule has 3 rings (SSSR count). The number of pyridine rings is 1. The number of likely N-dealkylation sites (N-methyl/N-ethyl adjacent to an activating group) is 1. The smallest absolute Gasteiger partial charge is 0.0935 e. The van der Waals surface area contributed by atoms with Gasteiger partial charge in [-0.05, 0) is 24.7 Å². The molecular weight excluding hydrogens is 312 g/mol. The van der Waals surface area contributed by atoms with E-state index < -0.39 is 0 Å². The van der Waals surface area contributed by atoms with Crippen LogP contribution in [0.5, 0.6) is 0 Å². The van der Waals surface area contributed by atoms with E-state index in [0.717, 1.165) is 50.5 Å². The number of hydrogen-bond donors (Lipinski definition) is 1. The van der Waals surface area contributed by atoms with Crippen LogP contribution in [0, 0.1) is 0 Å². The number of nitrogens with one attached hydrogen (secondary N) is 1. The largest absolute Gasteiger partial charge is 0.380 e. The normalized spacial score (nSPS) is 15.5. The van der Waals surface area contributed by atoms with Crippen LogP contribution in [0.3, 0.4) is 0 Å². The molecule has 0 radical (unpaired) electrons. The Labute approximate surface area is 150 Å². The van der Waals surface area contributed by atoms with Crippen LogP contribution in [0.25, 0.3) is 11.3 Å². The minimum absolute atomic E-state index is 0.643. The van der Waals surface area contributed by atoms with E-state index in [9.17, 15) is 0 Å². The van der Waals surface area contributed by atoms with E-state index in [4.69, 9.17) is 4.74 Å². The Morgan fingerprint density at radius 1 is 1.08 bits per heavy atom. The zero-order valence-electron chi connectivity index (χ0n) is 15.2. The number of anilines is 1. The standard InChI is InChI=1S/C20H28N4O/c1-21-10-11-23-12-14-24(15-13-23)19-4-3-9-22-20(19)18-7-5-17(6-8-18)16-25-2/h3-9,21H,10-16H2,1-2H3. The minimum atomic E-state index is 0.643. The van der Waals surface area contributed by atoms with Gasteiger partial charge < -0.3 is 15.0 Å². The van der Waals surface area contributed by atoms with Gasteiger partial charge in [0.25, 0.3) is 0 Å². The Balaban J connectivity index is 1.73. The molecule has 1 saturated heterocycles. The van der Waals surface area contributed by atoms with Crippen molar-refractivity contribution >= 4 is 5.69 Å². The Morgan fingerprint density at radius 3 is 2.52 bits per heavy atom. The van der Waals surface area contributed by atoms with Crippen molar-refractivity contribution in [1.29, 1.82) is 0 Å². The molecule has 134 valence electrons. The number of piperazine rings is 1. The zero-order chi connectivity index (χ0) is 17.5. The first-order valence-corrected chi connectivity index (χ1v) is 8.97. The van der Waals surface area contributed by atoms with Crippen molar-refractivity contribution < 1.29 is 4.74 Å². The van der Waals surface area contributed by atoms with Crippen LogP contribution in [0.4, 0.5) is 5.69 Å². The van der Waals surface area contributed by atoms with E-state index >= 15 is 0 Å². The number of methoxy groups -OCH3 is 1. The number of aromatic nitrogens is 1. The van der Waals surface area contributed by atoms with Crippen molar-refractivity contribution in [2.75, 3.05) is 58.3 Å². The molecule has 0 amide bonds. The predicted molar refractivity (Wildman–Crippen MR) is 103 cm³/mol. The van der Waals surface area contributed by atoms with Crippen LogP contribution in [0.15, 0.2) is 42.6 Å². The Bertz CT molecular complexity index is 651. The van der Waals surface area contributed by atoms with Crippen LogP contribution in [0.1, 0.15) is 5.56 Å². The second-order valence-electron chi connectivity index (χ2n) is 6.43. The van der Waals surface area contributed by atoms with Gasteiger partial charge in [-0.1, -0.05) is 24.3 Å². The number of rotatable bonds is 7. The predicted octanol–water partition coefficient (Wildman–Crippen LogP) is 2.24. The maximum absolute atomic E-state index is 5.20. The van der Waals surface area contributed by atoms with E-state index in [1.165, 1.54) is 11.3 Å². The van der Waals surface area contributed by atoms with E-state index in [-0.39, 0.29) is 0 Å². The fourth-order valence-corrected chi connectivity index (χ4v) is 3.28. The van der Waals surface area contributed by atoms with Crippen molar-refractivity contribution in [1.82, 2.24) is 15.2 Å². The van der Waals surface area contributed by atoms with Crippen LogP contribution in [0.2, 0.25) is 0 Å². The van der Waals surface area contributed by atoms with Crippen LogP contribution in [-0.2, 0) is 11.3 Å². The molecule has 0 atom stereocenters. The molecule has 1 N–H and O–H groups in total. The monoisotopic (exact) mass is 340 g/mol. The highest BCUT2D eigenvalue weighted by Crippen LogP contribution is 2.29. The molecule has 1 aromatic heterocycles. The minimum Gasteiger partial charge on any atom is -0.380 e.